The van der Waals surface area contributed by atoms with E-state index in [-0.39, 0.29) is 0 Å². The van der Waals surface area contributed by atoms with Crippen molar-refractivity contribution in [3.63, 3.8) is 0 Å². The molecular formula is C12H26N2. The van der Waals surface area contributed by atoms with Crippen LogP contribution in [0, 0.1) is 11.3 Å². The van der Waals surface area contributed by atoms with Gasteiger partial charge < -0.3 is 11.1 Å². The van der Waals surface area contributed by atoms with E-state index in [4.69, 9.17) is 5.73 Å². The molecule has 1 unspecified atom stereocenters. The van der Waals surface area contributed by atoms with Gasteiger partial charge in [0.25, 0.3) is 0 Å². The van der Waals surface area contributed by atoms with Crippen LogP contribution in [0.25, 0.3) is 0 Å². The molecule has 1 atom stereocenters. The molecule has 0 heterocycles. The SMILES string of the molecule is CCCC1(CNCCC(C)CN)CC1. The van der Waals surface area contributed by atoms with Gasteiger partial charge in [-0.2, -0.15) is 0 Å². The van der Waals surface area contributed by atoms with Gasteiger partial charge in [0, 0.05) is 6.54 Å². The highest BCUT2D eigenvalue weighted by atomic mass is 14.9. The van der Waals surface area contributed by atoms with Crippen LogP contribution in [0.1, 0.15) is 46.0 Å². The molecule has 1 rings (SSSR count). The minimum Gasteiger partial charge on any atom is -0.330 e. The van der Waals surface area contributed by atoms with Crippen LogP contribution < -0.4 is 11.1 Å². The van der Waals surface area contributed by atoms with Crippen LogP contribution in [0.4, 0.5) is 0 Å². The van der Waals surface area contributed by atoms with Crippen molar-refractivity contribution in [3.05, 3.63) is 0 Å². The lowest BCUT2D eigenvalue weighted by molar-refractivity contribution is 0.406. The van der Waals surface area contributed by atoms with Crippen LogP contribution in [0.3, 0.4) is 0 Å². The maximum Gasteiger partial charge on any atom is 0.000781 e. The zero-order valence-corrected chi connectivity index (χ0v) is 9.81. The standard InChI is InChI=1S/C12H26N2/c1-3-5-12(6-7-12)10-14-8-4-11(2)9-13/h11,14H,3-10,13H2,1-2H3. The normalized spacial score (nSPS) is 20.8. The summed E-state index contributed by atoms with van der Waals surface area (Å²) in [4.78, 5) is 0. The van der Waals surface area contributed by atoms with E-state index in [1.165, 1.54) is 38.6 Å². The molecule has 0 aliphatic heterocycles. The summed E-state index contributed by atoms with van der Waals surface area (Å²) in [5, 5.41) is 3.58. The van der Waals surface area contributed by atoms with E-state index < -0.39 is 0 Å². The number of hydrogen-bond donors (Lipinski definition) is 2. The quantitative estimate of drug-likeness (QED) is 0.586. The lowest BCUT2D eigenvalue weighted by atomic mass is 10.0. The summed E-state index contributed by atoms with van der Waals surface area (Å²) in [5.41, 5.74) is 6.27. The van der Waals surface area contributed by atoms with E-state index in [0.717, 1.165) is 13.1 Å². The van der Waals surface area contributed by atoms with Gasteiger partial charge in [-0.25, -0.2) is 0 Å². The highest BCUT2D eigenvalue weighted by molar-refractivity contribution is 4.94. The fourth-order valence-corrected chi connectivity index (χ4v) is 2.04. The molecule has 0 amide bonds. The van der Waals surface area contributed by atoms with Gasteiger partial charge in [0.2, 0.25) is 0 Å². The summed E-state index contributed by atoms with van der Waals surface area (Å²) in [6.07, 6.45) is 6.85. The Labute approximate surface area is 88.6 Å². The van der Waals surface area contributed by atoms with E-state index >= 15 is 0 Å². The smallest absolute Gasteiger partial charge is 0.000781 e. The molecule has 0 aromatic carbocycles. The van der Waals surface area contributed by atoms with Gasteiger partial charge in [-0.3, -0.25) is 0 Å². The Morgan fingerprint density at radius 1 is 1.43 bits per heavy atom. The second-order valence-corrected chi connectivity index (χ2v) is 5.06. The molecule has 1 aliphatic rings. The molecule has 2 nitrogen and oxygen atoms in total. The van der Waals surface area contributed by atoms with Crippen molar-refractivity contribution in [1.29, 1.82) is 0 Å². The highest BCUT2D eigenvalue weighted by Crippen LogP contribution is 2.48. The van der Waals surface area contributed by atoms with Crippen LogP contribution >= 0.6 is 0 Å². The van der Waals surface area contributed by atoms with E-state index in [9.17, 15) is 0 Å². The summed E-state index contributed by atoms with van der Waals surface area (Å²) in [7, 11) is 0. The molecule has 84 valence electrons. The topological polar surface area (TPSA) is 38.0 Å². The van der Waals surface area contributed by atoms with Crippen molar-refractivity contribution in [2.75, 3.05) is 19.6 Å². The third-order valence-corrected chi connectivity index (χ3v) is 3.45. The van der Waals surface area contributed by atoms with Gasteiger partial charge in [0.05, 0.1) is 0 Å². The first-order chi connectivity index (χ1) is 6.72. The van der Waals surface area contributed by atoms with E-state index in [0.29, 0.717) is 11.3 Å². The molecule has 1 saturated carbocycles. The Morgan fingerprint density at radius 2 is 2.14 bits per heavy atom. The summed E-state index contributed by atoms with van der Waals surface area (Å²) >= 11 is 0. The van der Waals surface area contributed by atoms with Crippen LogP contribution in [0.2, 0.25) is 0 Å². The second-order valence-electron chi connectivity index (χ2n) is 5.06. The van der Waals surface area contributed by atoms with Crippen LogP contribution in [0.15, 0.2) is 0 Å². The molecule has 0 bridgehead atoms. The maximum atomic E-state index is 5.57. The predicted molar refractivity (Wildman–Crippen MR) is 62.3 cm³/mol. The molecule has 2 heteroatoms. The highest BCUT2D eigenvalue weighted by Gasteiger charge is 2.40. The molecule has 0 spiro atoms. The Hall–Kier alpha value is -0.0800. The fraction of sp³-hybridized carbons (Fsp3) is 1.00. The van der Waals surface area contributed by atoms with Gasteiger partial charge in [-0.05, 0) is 50.1 Å². The molecule has 0 saturated heterocycles. The van der Waals surface area contributed by atoms with Crippen LogP contribution in [-0.4, -0.2) is 19.6 Å². The third kappa shape index (κ3) is 3.97. The number of hydrogen-bond acceptors (Lipinski definition) is 2. The van der Waals surface area contributed by atoms with E-state index in [1.54, 1.807) is 0 Å². The minimum atomic E-state index is 0.670. The molecular weight excluding hydrogens is 172 g/mol. The van der Waals surface area contributed by atoms with Crippen molar-refractivity contribution < 1.29 is 0 Å². The fourth-order valence-electron chi connectivity index (χ4n) is 2.04. The molecule has 0 aromatic heterocycles. The summed E-state index contributed by atoms with van der Waals surface area (Å²) in [6.45, 7) is 7.71. The first-order valence-electron chi connectivity index (χ1n) is 6.13. The summed E-state index contributed by atoms with van der Waals surface area (Å²) in [6, 6.07) is 0. The molecule has 0 aromatic rings. The molecule has 3 N–H and O–H groups in total. The van der Waals surface area contributed by atoms with Gasteiger partial charge in [-0.1, -0.05) is 20.3 Å². The first kappa shape index (κ1) is 12.0. The Balaban J connectivity index is 1.98. The zero-order chi connectivity index (χ0) is 10.4. The maximum absolute atomic E-state index is 5.57. The zero-order valence-electron chi connectivity index (χ0n) is 9.81. The summed E-state index contributed by atoms with van der Waals surface area (Å²) < 4.78 is 0. The molecule has 1 fully saturated rings. The Kier molecular flexibility index (Phi) is 4.90. The van der Waals surface area contributed by atoms with Crippen LogP contribution in [-0.2, 0) is 0 Å². The van der Waals surface area contributed by atoms with Crippen molar-refractivity contribution in [1.82, 2.24) is 5.32 Å². The van der Waals surface area contributed by atoms with E-state index in [1.807, 2.05) is 0 Å². The molecule has 14 heavy (non-hydrogen) atoms. The van der Waals surface area contributed by atoms with Gasteiger partial charge >= 0.3 is 0 Å². The summed E-state index contributed by atoms with van der Waals surface area (Å²) in [5.74, 6) is 0.670. The lowest BCUT2D eigenvalue weighted by Gasteiger charge is -2.15. The third-order valence-electron chi connectivity index (χ3n) is 3.45. The largest absolute Gasteiger partial charge is 0.330 e. The van der Waals surface area contributed by atoms with E-state index in [2.05, 4.69) is 19.2 Å². The van der Waals surface area contributed by atoms with Crippen LogP contribution in [0.5, 0.6) is 0 Å². The second kappa shape index (κ2) is 5.72. The van der Waals surface area contributed by atoms with Crippen molar-refractivity contribution in [3.8, 4) is 0 Å². The predicted octanol–water partition coefficient (Wildman–Crippen LogP) is 2.14. The van der Waals surface area contributed by atoms with Crippen molar-refractivity contribution in [2.45, 2.75) is 46.0 Å². The van der Waals surface area contributed by atoms with Crippen molar-refractivity contribution >= 4 is 0 Å². The lowest BCUT2D eigenvalue weighted by Crippen LogP contribution is -2.27. The van der Waals surface area contributed by atoms with Crippen molar-refractivity contribution in [2.24, 2.45) is 17.1 Å². The number of rotatable bonds is 8. The monoisotopic (exact) mass is 198 g/mol. The molecule has 1 aliphatic carbocycles. The Bertz CT molecular complexity index is 152. The minimum absolute atomic E-state index is 0.670. The first-order valence-corrected chi connectivity index (χ1v) is 6.13. The number of nitrogens with two attached hydrogens (primary N) is 1. The van der Waals surface area contributed by atoms with Gasteiger partial charge in [0.1, 0.15) is 0 Å². The van der Waals surface area contributed by atoms with Gasteiger partial charge in [0.15, 0.2) is 0 Å². The van der Waals surface area contributed by atoms with Gasteiger partial charge in [-0.15, -0.1) is 0 Å². The Morgan fingerprint density at radius 3 is 2.64 bits per heavy atom. The average molecular weight is 198 g/mol. The number of nitrogens with one attached hydrogen (secondary N) is 1. The molecule has 0 radical (unpaired) electrons. The average Bonchev–Trinajstić information content (AvgIpc) is 2.93.